The van der Waals surface area contributed by atoms with Gasteiger partial charge in [0.15, 0.2) is 23.0 Å². The topological polar surface area (TPSA) is 78.4 Å². The maximum Gasteiger partial charge on any atom is 0.271 e. The maximum absolute atomic E-state index is 14.0. The summed E-state index contributed by atoms with van der Waals surface area (Å²) in [7, 11) is 0. The Morgan fingerprint density at radius 1 is 0.917 bits per heavy atom. The number of hydrazone groups is 1. The third-order valence-corrected chi connectivity index (χ3v) is 5.44. The average Bonchev–Trinajstić information content (AvgIpc) is 2.86. The molecule has 0 bridgehead atoms. The van der Waals surface area contributed by atoms with Crippen molar-refractivity contribution in [3.63, 3.8) is 0 Å². The second-order valence-corrected chi connectivity index (χ2v) is 8.22. The average molecular weight is 559 g/mol. The van der Waals surface area contributed by atoms with Crippen LogP contribution in [-0.4, -0.2) is 31.9 Å². The first-order valence-corrected chi connectivity index (χ1v) is 12.3. The Bertz CT molecular complexity index is 1220. The molecular formula is C27H28BrFN2O5. The Balaban J connectivity index is 1.72. The van der Waals surface area contributed by atoms with Crippen LogP contribution in [0, 0.1) is 5.82 Å². The molecule has 3 rings (SSSR count). The number of amides is 1. The quantitative estimate of drug-likeness (QED) is 0.214. The highest BCUT2D eigenvalue weighted by Crippen LogP contribution is 2.37. The van der Waals surface area contributed by atoms with Crippen molar-refractivity contribution in [2.24, 2.45) is 5.10 Å². The van der Waals surface area contributed by atoms with E-state index >= 15 is 0 Å². The van der Waals surface area contributed by atoms with Crippen LogP contribution in [0.3, 0.4) is 0 Å². The molecule has 1 amide bonds. The summed E-state index contributed by atoms with van der Waals surface area (Å²) in [5.74, 6) is 1.23. The van der Waals surface area contributed by atoms with Crippen molar-refractivity contribution in [1.82, 2.24) is 5.43 Å². The van der Waals surface area contributed by atoms with Gasteiger partial charge in [-0.3, -0.25) is 4.79 Å². The molecule has 0 atom stereocenters. The van der Waals surface area contributed by atoms with Gasteiger partial charge in [-0.25, -0.2) is 9.82 Å². The van der Waals surface area contributed by atoms with Crippen LogP contribution < -0.4 is 24.4 Å². The van der Waals surface area contributed by atoms with Crippen LogP contribution in [0.1, 0.15) is 42.3 Å². The van der Waals surface area contributed by atoms with Gasteiger partial charge in [-0.15, -0.1) is 0 Å². The second-order valence-electron chi connectivity index (χ2n) is 7.37. The van der Waals surface area contributed by atoms with E-state index in [2.05, 4.69) is 26.5 Å². The largest absolute Gasteiger partial charge is 0.490 e. The van der Waals surface area contributed by atoms with Crippen LogP contribution in [0.4, 0.5) is 4.39 Å². The molecule has 0 saturated heterocycles. The third-order valence-electron chi connectivity index (χ3n) is 4.85. The normalized spacial score (nSPS) is 10.8. The Kier molecular flexibility index (Phi) is 10.1. The molecular weight excluding hydrogens is 531 g/mol. The molecule has 1 N–H and O–H groups in total. The fourth-order valence-electron chi connectivity index (χ4n) is 3.25. The molecule has 0 spiro atoms. The number of hydrogen-bond donors (Lipinski definition) is 1. The summed E-state index contributed by atoms with van der Waals surface area (Å²) >= 11 is 3.49. The van der Waals surface area contributed by atoms with Crippen molar-refractivity contribution in [3.8, 4) is 23.0 Å². The summed E-state index contributed by atoms with van der Waals surface area (Å²) in [6.45, 7) is 6.96. The van der Waals surface area contributed by atoms with E-state index in [1.807, 2.05) is 20.8 Å². The summed E-state index contributed by atoms with van der Waals surface area (Å²) in [6, 6.07) is 14.9. The predicted octanol–water partition coefficient (Wildman–Crippen LogP) is 6.13. The van der Waals surface area contributed by atoms with Crippen molar-refractivity contribution in [2.75, 3.05) is 19.8 Å². The molecule has 0 aliphatic heterocycles. The molecule has 7 nitrogen and oxygen atoms in total. The number of carbonyl (C=O) groups excluding carboxylic acids is 1. The number of halogens is 2. The van der Waals surface area contributed by atoms with Crippen LogP contribution in [0.25, 0.3) is 0 Å². The monoisotopic (exact) mass is 558 g/mol. The van der Waals surface area contributed by atoms with Gasteiger partial charge in [-0.05, 0) is 78.7 Å². The van der Waals surface area contributed by atoms with Gasteiger partial charge in [0.2, 0.25) is 0 Å². The Labute approximate surface area is 218 Å². The predicted molar refractivity (Wildman–Crippen MR) is 140 cm³/mol. The van der Waals surface area contributed by atoms with Gasteiger partial charge in [-0.1, -0.05) is 18.2 Å². The number of ether oxygens (including phenoxy) is 4. The third kappa shape index (κ3) is 7.21. The highest BCUT2D eigenvalue weighted by atomic mass is 79.9. The molecule has 3 aromatic rings. The zero-order chi connectivity index (χ0) is 25.9. The molecule has 0 aliphatic carbocycles. The second kappa shape index (κ2) is 13.5. The fourth-order valence-corrected chi connectivity index (χ4v) is 3.83. The number of carbonyl (C=O) groups is 1. The first kappa shape index (κ1) is 27.0. The molecule has 0 saturated carbocycles. The minimum absolute atomic E-state index is 0.0423. The van der Waals surface area contributed by atoms with E-state index < -0.39 is 5.91 Å². The molecule has 3 aromatic carbocycles. The summed E-state index contributed by atoms with van der Waals surface area (Å²) in [5.41, 5.74) is 3.98. The molecule has 0 unspecified atom stereocenters. The zero-order valence-corrected chi connectivity index (χ0v) is 21.9. The molecule has 36 heavy (non-hydrogen) atoms. The number of rotatable bonds is 12. The van der Waals surface area contributed by atoms with Crippen molar-refractivity contribution in [1.29, 1.82) is 0 Å². The highest BCUT2D eigenvalue weighted by Gasteiger charge is 2.14. The lowest BCUT2D eigenvalue weighted by molar-refractivity contribution is 0.0954. The van der Waals surface area contributed by atoms with Crippen molar-refractivity contribution >= 4 is 28.1 Å². The van der Waals surface area contributed by atoms with E-state index in [9.17, 15) is 9.18 Å². The van der Waals surface area contributed by atoms with Gasteiger partial charge in [0.1, 0.15) is 12.4 Å². The van der Waals surface area contributed by atoms with Gasteiger partial charge >= 0.3 is 0 Å². The van der Waals surface area contributed by atoms with Crippen LogP contribution in [0.5, 0.6) is 23.0 Å². The van der Waals surface area contributed by atoms with Crippen LogP contribution in [0.2, 0.25) is 0 Å². The van der Waals surface area contributed by atoms with E-state index in [1.54, 1.807) is 48.5 Å². The van der Waals surface area contributed by atoms with Crippen LogP contribution >= 0.6 is 15.9 Å². The van der Waals surface area contributed by atoms with E-state index in [1.165, 1.54) is 12.3 Å². The van der Waals surface area contributed by atoms with Gasteiger partial charge in [0, 0.05) is 11.1 Å². The fraction of sp³-hybridized carbons (Fsp3) is 0.259. The summed E-state index contributed by atoms with van der Waals surface area (Å²) in [5, 5.41) is 4.07. The number of nitrogens with zero attached hydrogens (tertiary/aromatic N) is 1. The van der Waals surface area contributed by atoms with Crippen molar-refractivity contribution < 1.29 is 28.1 Å². The number of nitrogens with one attached hydrogen (secondary N) is 1. The van der Waals surface area contributed by atoms with Gasteiger partial charge in [0.25, 0.3) is 5.91 Å². The van der Waals surface area contributed by atoms with Gasteiger partial charge in [0.05, 0.1) is 30.5 Å². The smallest absolute Gasteiger partial charge is 0.271 e. The first-order valence-electron chi connectivity index (χ1n) is 11.5. The van der Waals surface area contributed by atoms with E-state index in [-0.39, 0.29) is 12.4 Å². The number of hydrogen-bond acceptors (Lipinski definition) is 6. The first-order chi connectivity index (χ1) is 17.5. The molecule has 0 radical (unpaired) electrons. The minimum Gasteiger partial charge on any atom is -0.490 e. The standard InChI is InChI=1S/C27H28BrFN2O5/c1-4-33-23-12-11-19(15-24(23)34-5-2)27(32)31-30-16-18-13-21(28)26(25(14-18)35-6-3)36-17-20-9-7-8-10-22(20)29/h7-16H,4-6,17H2,1-3H3,(H,31,32)/b30-16+. The van der Waals surface area contributed by atoms with Crippen LogP contribution in [0.15, 0.2) is 64.2 Å². The summed E-state index contributed by atoms with van der Waals surface area (Å²) in [6.07, 6.45) is 1.49. The SMILES string of the molecule is CCOc1ccc(C(=O)N/N=C/c2cc(Br)c(OCc3ccccc3F)c(OCC)c2)cc1OCC. The summed E-state index contributed by atoms with van der Waals surface area (Å²) in [4.78, 5) is 12.6. The Morgan fingerprint density at radius 3 is 2.33 bits per heavy atom. The molecule has 0 aromatic heterocycles. The zero-order valence-electron chi connectivity index (χ0n) is 20.3. The van der Waals surface area contributed by atoms with E-state index in [4.69, 9.17) is 18.9 Å². The lowest BCUT2D eigenvalue weighted by Gasteiger charge is -2.15. The Hall–Kier alpha value is -3.59. The molecule has 0 aliphatic rings. The van der Waals surface area contributed by atoms with Crippen LogP contribution in [-0.2, 0) is 6.61 Å². The molecule has 190 valence electrons. The van der Waals surface area contributed by atoms with E-state index in [0.717, 1.165) is 0 Å². The van der Waals surface area contributed by atoms with Crippen molar-refractivity contribution in [3.05, 3.63) is 81.6 Å². The number of benzene rings is 3. The highest BCUT2D eigenvalue weighted by molar-refractivity contribution is 9.10. The Morgan fingerprint density at radius 2 is 1.61 bits per heavy atom. The van der Waals surface area contributed by atoms with Gasteiger partial charge < -0.3 is 18.9 Å². The van der Waals surface area contributed by atoms with E-state index in [0.29, 0.717) is 64.0 Å². The van der Waals surface area contributed by atoms with Crippen molar-refractivity contribution in [2.45, 2.75) is 27.4 Å². The lowest BCUT2D eigenvalue weighted by atomic mass is 10.2. The lowest BCUT2D eigenvalue weighted by Crippen LogP contribution is -2.17. The molecule has 0 fully saturated rings. The minimum atomic E-state index is -0.399. The summed E-state index contributed by atoms with van der Waals surface area (Å²) < 4.78 is 37.2. The maximum atomic E-state index is 14.0. The molecule has 9 heteroatoms. The van der Waals surface area contributed by atoms with Gasteiger partial charge in [-0.2, -0.15) is 5.10 Å². The molecule has 0 heterocycles.